The summed E-state index contributed by atoms with van der Waals surface area (Å²) < 4.78 is 35.3. The number of hydrogen-bond donors (Lipinski definition) is 6. The Balaban J connectivity index is 1.75. The molecule has 2 saturated carbocycles. The Bertz CT molecular complexity index is 1920. The minimum absolute atomic E-state index is 0.0251. The Hall–Kier alpha value is -4.46. The maximum absolute atomic E-state index is 15.5. The van der Waals surface area contributed by atoms with Gasteiger partial charge in [-0.25, -0.2) is 14.4 Å². The molecule has 332 valence electrons. The number of carbonyl (C=O) groups excluding carboxylic acids is 6. The average molecular weight is 848 g/mol. The van der Waals surface area contributed by atoms with Crippen LogP contribution in [-0.2, 0) is 47.6 Å². The fourth-order valence-corrected chi connectivity index (χ4v) is 9.63. The van der Waals surface area contributed by atoms with E-state index in [1.54, 1.807) is 45.9 Å². The number of esters is 4. The van der Waals surface area contributed by atoms with E-state index in [0.717, 1.165) is 13.8 Å². The monoisotopic (exact) mass is 847 g/mol. The summed E-state index contributed by atoms with van der Waals surface area (Å²) in [4.78, 5) is 82.3. The number of benzene rings is 1. The van der Waals surface area contributed by atoms with Crippen molar-refractivity contribution in [1.29, 1.82) is 0 Å². The lowest BCUT2D eigenvalue weighted by atomic mass is 9.42. The van der Waals surface area contributed by atoms with Gasteiger partial charge in [0.25, 0.3) is 0 Å². The van der Waals surface area contributed by atoms with Crippen LogP contribution in [-0.4, -0.2) is 140 Å². The molecule has 1 amide bonds. The lowest BCUT2D eigenvalue weighted by Crippen LogP contribution is -2.85. The number of ketones is 1. The lowest BCUT2D eigenvalue weighted by Gasteiger charge is -2.70. The highest BCUT2D eigenvalue weighted by Gasteiger charge is 2.81. The van der Waals surface area contributed by atoms with Crippen molar-refractivity contribution in [2.75, 3.05) is 13.2 Å². The predicted octanol–water partition coefficient (Wildman–Crippen LogP) is 1.20. The first-order valence-corrected chi connectivity index (χ1v) is 19.7. The van der Waals surface area contributed by atoms with E-state index in [1.165, 1.54) is 39.8 Å². The molecule has 1 aromatic carbocycles. The van der Waals surface area contributed by atoms with Crippen molar-refractivity contribution in [1.82, 2.24) is 5.32 Å². The van der Waals surface area contributed by atoms with Crippen LogP contribution in [0.25, 0.3) is 0 Å². The zero-order valence-corrected chi connectivity index (χ0v) is 35.5. The third-order valence-electron chi connectivity index (χ3n) is 12.9. The summed E-state index contributed by atoms with van der Waals surface area (Å²) in [7, 11) is 0. The van der Waals surface area contributed by atoms with Gasteiger partial charge in [0, 0.05) is 32.1 Å². The van der Waals surface area contributed by atoms with Crippen molar-refractivity contribution >= 4 is 35.8 Å². The third kappa shape index (κ3) is 7.70. The number of hydrogen-bond acceptors (Lipinski definition) is 17. The minimum Gasteiger partial charge on any atom is -0.456 e. The van der Waals surface area contributed by atoms with Crippen molar-refractivity contribution in [2.45, 2.75) is 147 Å². The molecular formula is C42H57NO17. The first kappa shape index (κ1) is 46.6. The highest BCUT2D eigenvalue weighted by atomic mass is 16.6. The van der Waals surface area contributed by atoms with Gasteiger partial charge >= 0.3 is 30.0 Å². The van der Waals surface area contributed by atoms with Gasteiger partial charge in [0.2, 0.25) is 0 Å². The number of Topliss-reactive ketones (excluding diaryl/α,β-unsaturated/α-hetero) is 1. The molecule has 1 aromatic rings. The average Bonchev–Trinajstić information content (AvgIpc) is 3.14. The molecule has 1 heterocycles. The largest absolute Gasteiger partial charge is 0.456 e. The number of amides is 1. The molecule has 1 aliphatic heterocycles. The number of nitrogens with one attached hydrogen (secondary N) is 1. The summed E-state index contributed by atoms with van der Waals surface area (Å²) in [6.07, 6.45) is -13.4. The second kappa shape index (κ2) is 16.1. The smallest absolute Gasteiger partial charge is 0.408 e. The summed E-state index contributed by atoms with van der Waals surface area (Å²) in [5.74, 6) is -6.78. The Morgan fingerprint density at radius 3 is 2.08 bits per heavy atom. The van der Waals surface area contributed by atoms with Crippen molar-refractivity contribution in [3.05, 3.63) is 47.0 Å². The van der Waals surface area contributed by atoms with Gasteiger partial charge in [-0.15, -0.1) is 0 Å². The normalized spacial score (nSPS) is 34.7. The van der Waals surface area contributed by atoms with Crippen molar-refractivity contribution in [3.63, 3.8) is 0 Å². The summed E-state index contributed by atoms with van der Waals surface area (Å²) in [6.45, 7) is 12.7. The standard InChI is InChI=1S/C42H57NO17/c1-20-25(57-35(52)29(49)28(24(47)18-44)43-36(53)60-37(4,5)6)16-41(54)33(58-34(51)23-14-12-11-13-15-23)31-40(10,32(50)30(56-21(2)45)27(20)38(41,7)8)26(48)17-39(9)42(31,19-55-39)59-22(3)46/h11-15,24-26,28-31,33,44,47-49,54H,16-19H2,1-10H3,(H,43,53)/t24?,25-,26-,28-,29+,30+,31?,33?,39+,40+,41+,42+/m0/s1. The van der Waals surface area contributed by atoms with Gasteiger partial charge in [-0.2, -0.15) is 0 Å². The summed E-state index contributed by atoms with van der Waals surface area (Å²) in [6, 6.07) is 5.78. The molecular weight excluding hydrogens is 790 g/mol. The van der Waals surface area contributed by atoms with Crippen LogP contribution in [0.4, 0.5) is 4.79 Å². The highest BCUT2D eigenvalue weighted by molar-refractivity contribution is 5.95. The van der Waals surface area contributed by atoms with E-state index in [4.69, 9.17) is 28.4 Å². The van der Waals surface area contributed by atoms with Crippen LogP contribution in [0.15, 0.2) is 41.5 Å². The van der Waals surface area contributed by atoms with Crippen LogP contribution in [0.3, 0.4) is 0 Å². The molecule has 18 heteroatoms. The first-order valence-electron chi connectivity index (χ1n) is 19.7. The van der Waals surface area contributed by atoms with E-state index in [9.17, 15) is 49.5 Å². The SMILES string of the molecule is CC(=O)O[C@H]1C(=O)[C@@]2(C)C(C(OC(=O)c3ccccc3)[C@]3(O)C[C@H](OC(=O)[C@H](O)[C@@H](NC(=O)OC(C)(C)C)C(O)CO)C(C)=C1C3(C)C)[C@]1(OC(C)=O)CO[C@]1(C)C[C@@H]2O. The predicted molar refractivity (Wildman–Crippen MR) is 205 cm³/mol. The number of fused-ring (bicyclic) bond motifs is 5. The summed E-state index contributed by atoms with van der Waals surface area (Å²) in [5.41, 5.74) is -10.8. The van der Waals surface area contributed by atoms with Crippen LogP contribution in [0.2, 0.25) is 0 Å². The van der Waals surface area contributed by atoms with Gasteiger partial charge in [0.1, 0.15) is 35.1 Å². The zero-order valence-electron chi connectivity index (χ0n) is 35.5. The Labute approximate surface area is 347 Å². The Morgan fingerprint density at radius 1 is 0.950 bits per heavy atom. The van der Waals surface area contributed by atoms with E-state index in [1.807, 2.05) is 0 Å². The van der Waals surface area contributed by atoms with Crippen molar-refractivity contribution in [2.24, 2.45) is 16.7 Å². The van der Waals surface area contributed by atoms with Gasteiger partial charge in [-0.3, -0.25) is 14.4 Å². The first-order chi connectivity index (χ1) is 27.6. The number of alkyl carbamates (subject to hydrolysis) is 1. The summed E-state index contributed by atoms with van der Waals surface area (Å²) in [5, 5.41) is 59.5. The van der Waals surface area contributed by atoms with E-state index >= 15 is 4.79 Å². The molecule has 4 aliphatic rings. The maximum Gasteiger partial charge on any atom is 0.408 e. The molecule has 0 aromatic heterocycles. The Morgan fingerprint density at radius 2 is 1.57 bits per heavy atom. The number of ether oxygens (including phenoxy) is 6. The van der Waals surface area contributed by atoms with Crippen LogP contribution in [0.5, 0.6) is 0 Å². The number of aliphatic hydroxyl groups excluding tert-OH is 4. The van der Waals surface area contributed by atoms with E-state index in [2.05, 4.69) is 5.32 Å². The zero-order chi connectivity index (χ0) is 45.1. The third-order valence-corrected chi connectivity index (χ3v) is 12.9. The molecule has 18 nitrogen and oxygen atoms in total. The number of rotatable bonds is 10. The van der Waals surface area contributed by atoms with Crippen LogP contribution < -0.4 is 5.32 Å². The summed E-state index contributed by atoms with van der Waals surface area (Å²) >= 11 is 0. The maximum atomic E-state index is 15.5. The lowest BCUT2D eigenvalue weighted by molar-refractivity contribution is -0.383. The molecule has 0 radical (unpaired) electrons. The van der Waals surface area contributed by atoms with Crippen molar-refractivity contribution in [3.8, 4) is 0 Å². The second-order valence-corrected chi connectivity index (χ2v) is 18.2. The molecule has 3 unspecified atom stereocenters. The van der Waals surface area contributed by atoms with Crippen molar-refractivity contribution < 1.29 is 82.7 Å². The van der Waals surface area contributed by atoms with Gasteiger partial charge in [0.05, 0.1) is 42.3 Å². The van der Waals surface area contributed by atoms with E-state index < -0.39 is 131 Å². The van der Waals surface area contributed by atoms with Crippen LogP contribution >= 0.6 is 0 Å². The van der Waals surface area contributed by atoms with Crippen LogP contribution in [0, 0.1) is 16.7 Å². The van der Waals surface area contributed by atoms with Gasteiger partial charge in [-0.05, 0) is 64.8 Å². The Kier molecular flexibility index (Phi) is 12.5. The fraction of sp³-hybridized carbons (Fsp3) is 0.667. The minimum atomic E-state index is -2.48. The molecule has 5 rings (SSSR count). The van der Waals surface area contributed by atoms with Crippen LogP contribution in [0.1, 0.15) is 92.4 Å². The number of aliphatic hydroxyl groups is 5. The molecule has 0 spiro atoms. The number of carbonyl (C=O) groups is 6. The molecule has 3 fully saturated rings. The van der Waals surface area contributed by atoms with Gasteiger partial charge in [-0.1, -0.05) is 32.0 Å². The highest BCUT2D eigenvalue weighted by Crippen LogP contribution is 2.67. The molecule has 2 bridgehead atoms. The van der Waals surface area contributed by atoms with Gasteiger partial charge in [0.15, 0.2) is 23.6 Å². The second-order valence-electron chi connectivity index (χ2n) is 18.2. The molecule has 12 atom stereocenters. The van der Waals surface area contributed by atoms with E-state index in [-0.39, 0.29) is 29.7 Å². The molecule has 6 N–H and O–H groups in total. The topological polar surface area (TPSA) is 271 Å². The molecule has 3 aliphatic carbocycles. The fourth-order valence-electron chi connectivity index (χ4n) is 9.63. The van der Waals surface area contributed by atoms with Gasteiger partial charge < -0.3 is 59.3 Å². The molecule has 60 heavy (non-hydrogen) atoms. The van der Waals surface area contributed by atoms with E-state index in [0.29, 0.717) is 0 Å². The quantitative estimate of drug-likeness (QED) is 0.110. The molecule has 1 saturated heterocycles.